The molecule has 0 rings (SSSR count). The number of hydrogen-bond donors (Lipinski definition) is 2. The largest absolute Gasteiger partial charge is 1.00 e. The van der Waals surface area contributed by atoms with E-state index in [2.05, 4.69) is 18.4 Å². The molecule has 0 spiro atoms. The predicted octanol–water partition coefficient (Wildman–Crippen LogP) is -0.181. The van der Waals surface area contributed by atoms with Crippen LogP contribution in [-0.2, 0) is 9.09 Å². The average molecular weight is 248 g/mol. The van der Waals surface area contributed by atoms with Crippen molar-refractivity contribution in [1.29, 1.82) is 0 Å². The van der Waals surface area contributed by atoms with Crippen LogP contribution in [0.5, 0.6) is 0 Å². The van der Waals surface area contributed by atoms with Gasteiger partial charge in [0.15, 0.2) is 0 Å². The first kappa shape index (κ1) is 18.5. The molecule has 0 unspecified atom stereocenters. The maximum absolute atomic E-state index is 10.3. The van der Waals surface area contributed by atoms with Crippen LogP contribution in [0.25, 0.3) is 0 Å². The summed E-state index contributed by atoms with van der Waals surface area (Å²) in [5, 5.41) is 0. The minimum absolute atomic E-state index is 0. The smallest absolute Gasteiger partial charge is 1.00 e. The fraction of sp³-hybridized carbons (Fsp3) is 1.00. The maximum atomic E-state index is 10.3. The summed E-state index contributed by atoms with van der Waals surface area (Å²) in [6, 6.07) is 0. The normalized spacial score (nSPS) is 11.5. The molecule has 0 aliphatic carbocycles. The van der Waals surface area contributed by atoms with Crippen molar-refractivity contribution >= 4 is 7.82 Å². The van der Waals surface area contributed by atoms with Crippen LogP contribution >= 0.6 is 7.82 Å². The quantitative estimate of drug-likeness (QED) is 0.355. The molecular weight excluding hydrogens is 226 g/mol. The Morgan fingerprint density at radius 3 is 2.20 bits per heavy atom. The van der Waals surface area contributed by atoms with Gasteiger partial charge < -0.3 is 11.2 Å². The number of phosphoric ester groups is 1. The molecule has 15 heavy (non-hydrogen) atoms. The van der Waals surface area contributed by atoms with Gasteiger partial charge in [0.2, 0.25) is 0 Å². The minimum Gasteiger partial charge on any atom is -1.00 e. The molecule has 0 bridgehead atoms. The number of hydrogen-bond acceptors (Lipinski definition) is 2. The van der Waals surface area contributed by atoms with Gasteiger partial charge in [-0.15, -0.1) is 0 Å². The Hall–Kier alpha value is 1.11. The maximum Gasteiger partial charge on any atom is 1.00 e. The second kappa shape index (κ2) is 10.3. The van der Waals surface area contributed by atoms with E-state index in [-0.39, 0.29) is 37.6 Å². The molecule has 0 aliphatic rings. The molecule has 0 fully saturated rings. The molecule has 4 nitrogen and oxygen atoms in total. The van der Waals surface area contributed by atoms with Crippen molar-refractivity contribution in [3.05, 3.63) is 0 Å². The standard InChI is InChI=1S/C9H21O4P.Na.H/c1-9(2)7-5-3-4-6-8-13-14(10,11)12;;/h9H,3-8H2,1-2H3,(H2,10,11,12);;/q;+1;-1. The summed E-state index contributed by atoms with van der Waals surface area (Å²) in [6.07, 6.45) is 5.23. The van der Waals surface area contributed by atoms with Gasteiger partial charge in [-0.3, -0.25) is 4.52 Å². The van der Waals surface area contributed by atoms with Crippen LogP contribution in [0.2, 0.25) is 0 Å². The van der Waals surface area contributed by atoms with E-state index in [1.807, 2.05) is 0 Å². The van der Waals surface area contributed by atoms with Gasteiger partial charge >= 0.3 is 37.4 Å². The molecule has 0 heterocycles. The van der Waals surface area contributed by atoms with Gasteiger partial charge in [0, 0.05) is 0 Å². The Kier molecular flexibility index (Phi) is 12.7. The Morgan fingerprint density at radius 1 is 1.20 bits per heavy atom. The third kappa shape index (κ3) is 17.7. The van der Waals surface area contributed by atoms with E-state index in [1.54, 1.807) is 0 Å². The van der Waals surface area contributed by atoms with E-state index in [0.29, 0.717) is 0 Å². The first-order chi connectivity index (χ1) is 6.42. The summed E-state index contributed by atoms with van der Waals surface area (Å²) in [5.74, 6) is 0.737. The van der Waals surface area contributed by atoms with Gasteiger partial charge in [0.1, 0.15) is 0 Å². The van der Waals surface area contributed by atoms with Crippen molar-refractivity contribution in [2.75, 3.05) is 6.61 Å². The van der Waals surface area contributed by atoms with Crippen LogP contribution in [-0.4, -0.2) is 16.4 Å². The van der Waals surface area contributed by atoms with E-state index in [1.165, 1.54) is 12.8 Å². The minimum atomic E-state index is -4.24. The summed E-state index contributed by atoms with van der Waals surface area (Å²) in [6.45, 7) is 4.54. The second-order valence-corrected chi connectivity index (χ2v) is 5.16. The van der Waals surface area contributed by atoms with E-state index in [9.17, 15) is 4.57 Å². The number of phosphoric acid groups is 1. The molecule has 0 atom stereocenters. The molecule has 2 N–H and O–H groups in total. The molecule has 0 radical (unpaired) electrons. The molecule has 0 aromatic heterocycles. The summed E-state index contributed by atoms with van der Waals surface area (Å²) in [5.41, 5.74) is 0. The van der Waals surface area contributed by atoms with E-state index in [0.717, 1.165) is 25.2 Å². The third-order valence-corrected chi connectivity index (χ3v) is 2.45. The average Bonchev–Trinajstić information content (AvgIpc) is 2.00. The van der Waals surface area contributed by atoms with Gasteiger partial charge in [0.05, 0.1) is 6.61 Å². The zero-order valence-electron chi connectivity index (χ0n) is 11.0. The fourth-order valence-corrected chi connectivity index (χ4v) is 1.56. The van der Waals surface area contributed by atoms with Gasteiger partial charge in [-0.2, -0.15) is 0 Å². The van der Waals surface area contributed by atoms with Gasteiger partial charge in [0.25, 0.3) is 0 Å². The van der Waals surface area contributed by atoms with Crippen LogP contribution in [0.4, 0.5) is 0 Å². The fourth-order valence-electron chi connectivity index (χ4n) is 1.19. The van der Waals surface area contributed by atoms with Crippen LogP contribution in [0, 0.1) is 5.92 Å². The summed E-state index contributed by atoms with van der Waals surface area (Å²) < 4.78 is 14.6. The van der Waals surface area contributed by atoms with Gasteiger partial charge in [-0.1, -0.05) is 39.5 Å². The molecule has 0 saturated heterocycles. The summed E-state index contributed by atoms with van der Waals surface area (Å²) in [7, 11) is -4.24. The number of rotatable bonds is 8. The van der Waals surface area contributed by atoms with Crippen molar-refractivity contribution in [3.8, 4) is 0 Å². The Labute approximate surface area is 116 Å². The van der Waals surface area contributed by atoms with E-state index >= 15 is 0 Å². The third-order valence-electron chi connectivity index (χ3n) is 1.94. The Morgan fingerprint density at radius 2 is 1.73 bits per heavy atom. The molecule has 6 heteroatoms. The van der Waals surface area contributed by atoms with Crippen LogP contribution in [0.3, 0.4) is 0 Å². The van der Waals surface area contributed by atoms with E-state index in [4.69, 9.17) is 9.79 Å². The van der Waals surface area contributed by atoms with Gasteiger partial charge in [-0.05, 0) is 12.3 Å². The Bertz CT molecular complexity index is 186. The SMILES string of the molecule is CC(C)CCCCCCOP(=O)(O)O.[H-].[Na+]. The van der Waals surface area contributed by atoms with Gasteiger partial charge in [-0.25, -0.2) is 4.57 Å². The van der Waals surface area contributed by atoms with Crippen molar-refractivity contribution in [3.63, 3.8) is 0 Å². The first-order valence-corrected chi connectivity index (χ1v) is 6.65. The summed E-state index contributed by atoms with van der Waals surface area (Å²) in [4.78, 5) is 16.8. The predicted molar refractivity (Wildman–Crippen MR) is 57.0 cm³/mol. The molecule has 0 aromatic rings. The molecule has 88 valence electrons. The first-order valence-electron chi connectivity index (χ1n) is 5.12. The molecule has 0 amide bonds. The van der Waals surface area contributed by atoms with Crippen LogP contribution in [0.15, 0.2) is 0 Å². The van der Waals surface area contributed by atoms with Crippen molar-refractivity contribution in [1.82, 2.24) is 0 Å². The zero-order valence-corrected chi connectivity index (χ0v) is 12.9. The molecule has 0 aromatic carbocycles. The monoisotopic (exact) mass is 248 g/mol. The van der Waals surface area contributed by atoms with Crippen LogP contribution < -0.4 is 29.6 Å². The van der Waals surface area contributed by atoms with Crippen molar-refractivity contribution in [2.45, 2.75) is 46.0 Å². The second-order valence-electron chi connectivity index (χ2n) is 3.92. The zero-order chi connectivity index (χ0) is 11.0. The molecule has 0 saturated carbocycles. The summed E-state index contributed by atoms with van der Waals surface area (Å²) >= 11 is 0. The number of unbranched alkanes of at least 4 members (excludes halogenated alkanes) is 3. The Balaban J connectivity index is -0.000000845. The topological polar surface area (TPSA) is 66.8 Å². The van der Waals surface area contributed by atoms with E-state index < -0.39 is 7.82 Å². The van der Waals surface area contributed by atoms with Crippen molar-refractivity contribution < 1.29 is 49.9 Å². The molecule has 0 aliphatic heterocycles. The van der Waals surface area contributed by atoms with Crippen molar-refractivity contribution in [2.24, 2.45) is 5.92 Å². The van der Waals surface area contributed by atoms with Crippen LogP contribution in [0.1, 0.15) is 47.4 Å². The molecular formula is C9H22NaO4P.